The minimum absolute atomic E-state index is 0.0917. The minimum Gasteiger partial charge on any atom is -0.462 e. The quantitative estimate of drug-likeness (QED) is 0.579. The average Bonchev–Trinajstić information content (AvgIpc) is 2.88. The third-order valence-electron chi connectivity index (χ3n) is 3.85. The van der Waals surface area contributed by atoms with Crippen LogP contribution in [0.3, 0.4) is 0 Å². The number of amides is 2. The molecule has 1 aliphatic heterocycles. The van der Waals surface area contributed by atoms with Crippen LogP contribution in [0.15, 0.2) is 53.2 Å². The molecule has 0 unspecified atom stereocenters. The Hall–Kier alpha value is -2.90. The van der Waals surface area contributed by atoms with Crippen molar-refractivity contribution in [3.63, 3.8) is 0 Å². The van der Waals surface area contributed by atoms with Gasteiger partial charge in [-0.25, -0.2) is 14.1 Å². The topological polar surface area (TPSA) is 75.7 Å². The van der Waals surface area contributed by atoms with Gasteiger partial charge < -0.3 is 10.1 Å². The molecule has 0 aliphatic carbocycles. The lowest BCUT2D eigenvalue weighted by Crippen LogP contribution is -2.32. The molecule has 2 aromatic rings. The fraction of sp³-hybridized carbons (Fsp3) is 0.105. The molecule has 0 saturated heterocycles. The minimum atomic E-state index is -0.764. The zero-order valence-electron chi connectivity index (χ0n) is 14.5. The molecule has 2 aromatic carbocycles. The van der Waals surface area contributed by atoms with Crippen LogP contribution in [0.1, 0.15) is 17.3 Å². The van der Waals surface area contributed by atoms with E-state index in [0.29, 0.717) is 11.3 Å². The van der Waals surface area contributed by atoms with E-state index in [1.54, 1.807) is 19.1 Å². The smallest absolute Gasteiger partial charge is 0.338 e. The first-order valence-electron chi connectivity index (χ1n) is 8.11. The van der Waals surface area contributed by atoms with E-state index in [1.807, 2.05) is 0 Å². The molecular weight excluding hydrogens is 410 g/mol. The maximum Gasteiger partial charge on any atom is 0.338 e. The predicted molar refractivity (Wildman–Crippen MR) is 103 cm³/mol. The van der Waals surface area contributed by atoms with Crippen LogP contribution in [0.4, 0.5) is 15.8 Å². The standard InChI is InChI=1S/C19H13Cl2FN2O4/c1-2-28-19(27)10-3-5-11(6-4-10)23-16-15(21)17(25)24(18(16)26)12-7-8-14(22)13(20)9-12/h3-9,23H,2H2,1H3. The average molecular weight is 423 g/mol. The van der Waals surface area contributed by atoms with E-state index in [-0.39, 0.29) is 28.0 Å². The van der Waals surface area contributed by atoms with Gasteiger partial charge in [0, 0.05) is 5.69 Å². The molecule has 2 amide bonds. The van der Waals surface area contributed by atoms with Crippen LogP contribution < -0.4 is 10.2 Å². The number of ether oxygens (including phenoxy) is 1. The lowest BCUT2D eigenvalue weighted by molar-refractivity contribution is -0.120. The number of hydrogen-bond donors (Lipinski definition) is 1. The van der Waals surface area contributed by atoms with Crippen LogP contribution >= 0.6 is 23.2 Å². The highest BCUT2D eigenvalue weighted by Crippen LogP contribution is 2.32. The Morgan fingerprint density at radius 1 is 1.11 bits per heavy atom. The van der Waals surface area contributed by atoms with Crippen LogP contribution in [0, 0.1) is 5.82 Å². The van der Waals surface area contributed by atoms with E-state index in [9.17, 15) is 18.8 Å². The SMILES string of the molecule is CCOC(=O)c1ccc(NC2=C(Cl)C(=O)N(c3ccc(F)c(Cl)c3)C2=O)cc1. The Labute approximate surface area is 169 Å². The molecule has 144 valence electrons. The molecule has 0 atom stereocenters. The van der Waals surface area contributed by atoms with Gasteiger partial charge in [0.25, 0.3) is 11.8 Å². The van der Waals surface area contributed by atoms with Crippen molar-refractivity contribution in [3.05, 3.63) is 69.6 Å². The zero-order valence-corrected chi connectivity index (χ0v) is 16.0. The Morgan fingerprint density at radius 3 is 2.39 bits per heavy atom. The van der Waals surface area contributed by atoms with Crippen molar-refractivity contribution >= 4 is 52.4 Å². The second kappa shape index (κ2) is 8.00. The van der Waals surface area contributed by atoms with E-state index >= 15 is 0 Å². The van der Waals surface area contributed by atoms with Crippen LogP contribution in [-0.4, -0.2) is 24.4 Å². The Balaban J connectivity index is 1.82. The molecule has 1 N–H and O–H groups in total. The van der Waals surface area contributed by atoms with Gasteiger partial charge >= 0.3 is 5.97 Å². The van der Waals surface area contributed by atoms with Crippen molar-refractivity contribution in [3.8, 4) is 0 Å². The van der Waals surface area contributed by atoms with Gasteiger partial charge in [0.2, 0.25) is 0 Å². The summed E-state index contributed by atoms with van der Waals surface area (Å²) in [5.41, 5.74) is 0.718. The summed E-state index contributed by atoms with van der Waals surface area (Å²) in [7, 11) is 0. The third kappa shape index (κ3) is 3.72. The fourth-order valence-electron chi connectivity index (χ4n) is 2.52. The third-order valence-corrected chi connectivity index (χ3v) is 4.49. The van der Waals surface area contributed by atoms with Crippen LogP contribution in [-0.2, 0) is 14.3 Å². The van der Waals surface area contributed by atoms with Crippen molar-refractivity contribution in [2.45, 2.75) is 6.92 Å². The monoisotopic (exact) mass is 422 g/mol. The number of benzene rings is 2. The zero-order chi connectivity index (χ0) is 20.4. The van der Waals surface area contributed by atoms with Gasteiger partial charge in [-0.2, -0.15) is 0 Å². The summed E-state index contributed by atoms with van der Waals surface area (Å²) in [4.78, 5) is 37.6. The normalized spacial score (nSPS) is 13.9. The molecule has 0 bridgehead atoms. The first kappa shape index (κ1) is 19.9. The van der Waals surface area contributed by atoms with Gasteiger partial charge in [0.15, 0.2) is 0 Å². The number of carbonyl (C=O) groups excluding carboxylic acids is 3. The highest BCUT2D eigenvalue weighted by Gasteiger charge is 2.39. The Kier molecular flexibility index (Phi) is 5.67. The van der Waals surface area contributed by atoms with E-state index in [2.05, 4.69) is 5.32 Å². The summed E-state index contributed by atoms with van der Waals surface area (Å²) in [6, 6.07) is 9.55. The Morgan fingerprint density at radius 2 is 1.79 bits per heavy atom. The van der Waals surface area contributed by atoms with E-state index in [1.165, 1.54) is 18.2 Å². The van der Waals surface area contributed by atoms with Crippen molar-refractivity contribution in [1.29, 1.82) is 0 Å². The highest BCUT2D eigenvalue weighted by molar-refractivity contribution is 6.53. The second-order valence-corrected chi connectivity index (χ2v) is 6.44. The number of halogens is 3. The van der Waals surface area contributed by atoms with Crippen molar-refractivity contribution < 1.29 is 23.5 Å². The van der Waals surface area contributed by atoms with Crippen LogP contribution in [0.25, 0.3) is 0 Å². The lowest BCUT2D eigenvalue weighted by atomic mass is 10.2. The molecular formula is C19H13Cl2FN2O4. The van der Waals surface area contributed by atoms with Crippen molar-refractivity contribution in [2.24, 2.45) is 0 Å². The van der Waals surface area contributed by atoms with Gasteiger partial charge in [-0.3, -0.25) is 9.59 Å². The summed E-state index contributed by atoms with van der Waals surface area (Å²) in [5, 5.41) is 2.22. The Bertz CT molecular complexity index is 1010. The van der Waals surface area contributed by atoms with Crippen molar-refractivity contribution in [1.82, 2.24) is 0 Å². The molecule has 6 nitrogen and oxygen atoms in total. The molecule has 0 spiro atoms. The summed E-state index contributed by atoms with van der Waals surface area (Å²) in [5.74, 6) is -2.63. The predicted octanol–water partition coefficient (Wildman–Crippen LogP) is 4.09. The van der Waals surface area contributed by atoms with Gasteiger partial charge in [0.1, 0.15) is 16.5 Å². The van der Waals surface area contributed by atoms with Gasteiger partial charge in [-0.05, 0) is 49.4 Å². The molecule has 3 rings (SSSR count). The van der Waals surface area contributed by atoms with Crippen LogP contribution in [0.5, 0.6) is 0 Å². The first-order chi connectivity index (χ1) is 13.3. The molecule has 0 fully saturated rings. The molecule has 0 saturated carbocycles. The number of rotatable bonds is 5. The lowest BCUT2D eigenvalue weighted by Gasteiger charge is -2.15. The number of carbonyl (C=O) groups is 3. The summed E-state index contributed by atoms with van der Waals surface area (Å²) >= 11 is 11.8. The van der Waals surface area contributed by atoms with E-state index in [4.69, 9.17) is 27.9 Å². The number of esters is 1. The van der Waals surface area contributed by atoms with Gasteiger partial charge in [-0.15, -0.1) is 0 Å². The molecule has 9 heteroatoms. The maximum absolute atomic E-state index is 13.4. The van der Waals surface area contributed by atoms with Crippen molar-refractivity contribution in [2.75, 3.05) is 16.8 Å². The largest absolute Gasteiger partial charge is 0.462 e. The number of anilines is 2. The maximum atomic E-state index is 13.4. The number of hydrogen-bond acceptors (Lipinski definition) is 5. The summed E-state index contributed by atoms with van der Waals surface area (Å²) < 4.78 is 18.3. The second-order valence-electron chi connectivity index (χ2n) is 5.66. The molecule has 0 radical (unpaired) electrons. The van der Waals surface area contributed by atoms with Crippen LogP contribution in [0.2, 0.25) is 5.02 Å². The van der Waals surface area contributed by atoms with Gasteiger partial charge in [0.05, 0.1) is 22.9 Å². The molecule has 28 heavy (non-hydrogen) atoms. The number of nitrogens with one attached hydrogen (secondary N) is 1. The number of imide groups is 1. The molecule has 1 aliphatic rings. The number of nitrogens with zero attached hydrogens (tertiary/aromatic N) is 1. The molecule has 1 heterocycles. The summed E-state index contributed by atoms with van der Waals surface area (Å²) in [6.07, 6.45) is 0. The van der Waals surface area contributed by atoms with Gasteiger partial charge in [-0.1, -0.05) is 23.2 Å². The first-order valence-corrected chi connectivity index (χ1v) is 8.87. The van der Waals surface area contributed by atoms with E-state index < -0.39 is 23.6 Å². The highest BCUT2D eigenvalue weighted by atomic mass is 35.5. The van der Waals surface area contributed by atoms with E-state index in [0.717, 1.165) is 17.0 Å². The summed E-state index contributed by atoms with van der Waals surface area (Å²) in [6.45, 7) is 1.95. The fourth-order valence-corrected chi connectivity index (χ4v) is 2.91. The molecule has 0 aromatic heterocycles.